The lowest BCUT2D eigenvalue weighted by Crippen LogP contribution is -2.46. The summed E-state index contributed by atoms with van der Waals surface area (Å²) in [6.45, 7) is 4.39. The molecule has 80 valence electrons. The standard InChI is InChI=1S/C10H16O4/c1-10(6-12-7-10)8(11)2-3-9-13-4-5-14-9/h9H,2-7H2,1H3. The van der Waals surface area contributed by atoms with Gasteiger partial charge in [0.1, 0.15) is 5.78 Å². The summed E-state index contributed by atoms with van der Waals surface area (Å²) < 4.78 is 15.6. The molecule has 0 aromatic carbocycles. The van der Waals surface area contributed by atoms with Crippen LogP contribution in [0.4, 0.5) is 0 Å². The second-order valence-corrected chi connectivity index (χ2v) is 4.19. The minimum absolute atomic E-state index is 0.163. The molecule has 0 radical (unpaired) electrons. The number of hydrogen-bond acceptors (Lipinski definition) is 4. The molecule has 0 aromatic rings. The van der Waals surface area contributed by atoms with Crippen molar-refractivity contribution in [1.29, 1.82) is 0 Å². The Hall–Kier alpha value is -0.450. The Labute approximate surface area is 83.5 Å². The molecule has 14 heavy (non-hydrogen) atoms. The minimum Gasteiger partial charge on any atom is -0.379 e. The number of ether oxygens (including phenoxy) is 3. The predicted octanol–water partition coefficient (Wildman–Crippen LogP) is 0.745. The van der Waals surface area contributed by atoms with Crippen LogP contribution in [-0.2, 0) is 19.0 Å². The molecule has 0 saturated carbocycles. The second kappa shape index (κ2) is 3.96. The summed E-state index contributed by atoms with van der Waals surface area (Å²) in [5.74, 6) is 0.267. The van der Waals surface area contributed by atoms with Crippen molar-refractivity contribution in [2.75, 3.05) is 26.4 Å². The van der Waals surface area contributed by atoms with E-state index in [1.807, 2.05) is 6.92 Å². The third kappa shape index (κ3) is 1.97. The lowest BCUT2D eigenvalue weighted by molar-refractivity contribution is -0.157. The monoisotopic (exact) mass is 200 g/mol. The topological polar surface area (TPSA) is 44.8 Å². The van der Waals surface area contributed by atoms with E-state index in [0.29, 0.717) is 39.3 Å². The van der Waals surface area contributed by atoms with E-state index >= 15 is 0 Å². The zero-order chi connectivity index (χ0) is 10.0. The lowest BCUT2D eigenvalue weighted by atomic mass is 9.82. The Morgan fingerprint density at radius 3 is 2.50 bits per heavy atom. The van der Waals surface area contributed by atoms with E-state index in [1.54, 1.807) is 0 Å². The quantitative estimate of drug-likeness (QED) is 0.671. The molecule has 2 heterocycles. The van der Waals surface area contributed by atoms with Crippen LogP contribution >= 0.6 is 0 Å². The van der Waals surface area contributed by atoms with Crippen LogP contribution in [0.25, 0.3) is 0 Å². The molecule has 0 aliphatic carbocycles. The Morgan fingerprint density at radius 1 is 1.36 bits per heavy atom. The highest BCUT2D eigenvalue weighted by Gasteiger charge is 2.40. The molecule has 4 heteroatoms. The SMILES string of the molecule is CC1(C(=O)CCC2OCCO2)COC1. The van der Waals surface area contributed by atoms with Gasteiger partial charge in [-0.15, -0.1) is 0 Å². The molecule has 2 fully saturated rings. The summed E-state index contributed by atoms with van der Waals surface area (Å²) in [6, 6.07) is 0. The zero-order valence-corrected chi connectivity index (χ0v) is 8.45. The number of carbonyl (C=O) groups excluding carboxylic acids is 1. The maximum atomic E-state index is 11.7. The van der Waals surface area contributed by atoms with Gasteiger partial charge in [0.05, 0.1) is 31.8 Å². The van der Waals surface area contributed by atoms with Gasteiger partial charge in [0.25, 0.3) is 0 Å². The van der Waals surface area contributed by atoms with Crippen molar-refractivity contribution in [2.24, 2.45) is 5.41 Å². The highest BCUT2D eigenvalue weighted by Crippen LogP contribution is 2.29. The van der Waals surface area contributed by atoms with Gasteiger partial charge in [0, 0.05) is 12.8 Å². The fourth-order valence-corrected chi connectivity index (χ4v) is 1.69. The first kappa shape index (κ1) is 10.1. The summed E-state index contributed by atoms with van der Waals surface area (Å²) in [6.07, 6.45) is 1.04. The summed E-state index contributed by atoms with van der Waals surface area (Å²) in [4.78, 5) is 11.7. The van der Waals surface area contributed by atoms with E-state index in [2.05, 4.69) is 0 Å². The zero-order valence-electron chi connectivity index (χ0n) is 8.45. The molecule has 0 atom stereocenters. The molecule has 0 aromatic heterocycles. The first-order valence-corrected chi connectivity index (χ1v) is 5.05. The second-order valence-electron chi connectivity index (χ2n) is 4.19. The number of rotatable bonds is 4. The molecule has 2 aliphatic heterocycles. The van der Waals surface area contributed by atoms with Gasteiger partial charge in [-0.25, -0.2) is 0 Å². The van der Waals surface area contributed by atoms with Gasteiger partial charge < -0.3 is 14.2 Å². The normalized spacial score (nSPS) is 26.1. The van der Waals surface area contributed by atoms with Gasteiger partial charge in [-0.1, -0.05) is 0 Å². The van der Waals surface area contributed by atoms with Crippen LogP contribution in [0.3, 0.4) is 0 Å². The average molecular weight is 200 g/mol. The number of ketones is 1. The Morgan fingerprint density at radius 2 is 2.00 bits per heavy atom. The van der Waals surface area contributed by atoms with Crippen molar-refractivity contribution >= 4 is 5.78 Å². The first-order chi connectivity index (χ1) is 6.71. The van der Waals surface area contributed by atoms with Crippen molar-refractivity contribution < 1.29 is 19.0 Å². The molecule has 2 saturated heterocycles. The maximum absolute atomic E-state index is 11.7. The molecule has 0 bridgehead atoms. The number of Topliss-reactive ketones (excluding diaryl/α,β-unsaturated/α-hetero) is 1. The van der Waals surface area contributed by atoms with E-state index in [1.165, 1.54) is 0 Å². The van der Waals surface area contributed by atoms with Crippen molar-refractivity contribution in [2.45, 2.75) is 26.1 Å². The van der Waals surface area contributed by atoms with E-state index in [9.17, 15) is 4.79 Å². The fourth-order valence-electron chi connectivity index (χ4n) is 1.69. The predicted molar refractivity (Wildman–Crippen MR) is 48.9 cm³/mol. The van der Waals surface area contributed by atoms with E-state index < -0.39 is 0 Å². The van der Waals surface area contributed by atoms with Gasteiger partial charge in [0.2, 0.25) is 0 Å². The Bertz CT molecular complexity index is 216. The number of hydrogen-bond donors (Lipinski definition) is 0. The fraction of sp³-hybridized carbons (Fsp3) is 0.900. The van der Waals surface area contributed by atoms with Gasteiger partial charge in [-0.05, 0) is 6.92 Å². The molecular weight excluding hydrogens is 184 g/mol. The Kier molecular flexibility index (Phi) is 2.85. The Balaban J connectivity index is 1.71. The number of carbonyl (C=O) groups is 1. The summed E-state index contributed by atoms with van der Waals surface area (Å²) >= 11 is 0. The third-order valence-corrected chi connectivity index (χ3v) is 2.81. The molecule has 2 rings (SSSR count). The van der Waals surface area contributed by atoms with Crippen LogP contribution in [0.5, 0.6) is 0 Å². The van der Waals surface area contributed by atoms with Crippen LogP contribution in [0.2, 0.25) is 0 Å². The van der Waals surface area contributed by atoms with Crippen LogP contribution in [-0.4, -0.2) is 38.5 Å². The first-order valence-electron chi connectivity index (χ1n) is 5.05. The molecule has 0 unspecified atom stereocenters. The lowest BCUT2D eigenvalue weighted by Gasteiger charge is -2.36. The highest BCUT2D eigenvalue weighted by atomic mass is 16.7. The molecular formula is C10H16O4. The average Bonchev–Trinajstić information content (AvgIpc) is 2.62. The van der Waals surface area contributed by atoms with Crippen LogP contribution in [0.1, 0.15) is 19.8 Å². The molecule has 0 amide bonds. The smallest absolute Gasteiger partial charge is 0.158 e. The van der Waals surface area contributed by atoms with Crippen LogP contribution in [0.15, 0.2) is 0 Å². The molecule has 4 nitrogen and oxygen atoms in total. The van der Waals surface area contributed by atoms with Crippen molar-refractivity contribution in [3.05, 3.63) is 0 Å². The molecule has 2 aliphatic rings. The molecule has 0 spiro atoms. The summed E-state index contributed by atoms with van der Waals surface area (Å²) in [5, 5.41) is 0. The van der Waals surface area contributed by atoms with Crippen LogP contribution < -0.4 is 0 Å². The van der Waals surface area contributed by atoms with Crippen LogP contribution in [0, 0.1) is 5.41 Å². The third-order valence-electron chi connectivity index (χ3n) is 2.81. The van der Waals surface area contributed by atoms with Gasteiger partial charge in [-0.3, -0.25) is 4.79 Å². The molecule has 0 N–H and O–H groups in total. The van der Waals surface area contributed by atoms with Gasteiger partial charge >= 0.3 is 0 Å². The van der Waals surface area contributed by atoms with Crippen molar-refractivity contribution in [3.8, 4) is 0 Å². The van der Waals surface area contributed by atoms with Gasteiger partial charge in [-0.2, -0.15) is 0 Å². The van der Waals surface area contributed by atoms with Crippen molar-refractivity contribution in [3.63, 3.8) is 0 Å². The maximum Gasteiger partial charge on any atom is 0.158 e. The minimum atomic E-state index is -0.237. The van der Waals surface area contributed by atoms with Crippen molar-refractivity contribution in [1.82, 2.24) is 0 Å². The van der Waals surface area contributed by atoms with E-state index in [4.69, 9.17) is 14.2 Å². The van der Waals surface area contributed by atoms with E-state index in [0.717, 1.165) is 0 Å². The summed E-state index contributed by atoms with van der Waals surface area (Å²) in [7, 11) is 0. The largest absolute Gasteiger partial charge is 0.379 e. The highest BCUT2D eigenvalue weighted by molar-refractivity contribution is 5.85. The van der Waals surface area contributed by atoms with Gasteiger partial charge in [0.15, 0.2) is 6.29 Å². The van der Waals surface area contributed by atoms with E-state index in [-0.39, 0.29) is 17.5 Å². The summed E-state index contributed by atoms with van der Waals surface area (Å²) in [5.41, 5.74) is -0.237.